The van der Waals surface area contributed by atoms with Crippen LogP contribution in [0.2, 0.25) is 0 Å². The van der Waals surface area contributed by atoms with Gasteiger partial charge in [0, 0.05) is 6.54 Å². The van der Waals surface area contributed by atoms with Crippen molar-refractivity contribution in [3.05, 3.63) is 64.6 Å². The molecule has 0 bridgehead atoms. The third kappa shape index (κ3) is 4.04. The number of piperidine rings is 1. The Labute approximate surface area is 163 Å². The molecule has 0 spiro atoms. The Hall–Kier alpha value is -3.19. The minimum absolute atomic E-state index is 0.151. The van der Waals surface area contributed by atoms with Gasteiger partial charge < -0.3 is 15.8 Å². The van der Waals surface area contributed by atoms with Crippen LogP contribution in [0.25, 0.3) is 11.0 Å². The average Bonchev–Trinajstić information content (AvgIpc) is 3.12. The number of hydrazone groups is 1. The van der Waals surface area contributed by atoms with Gasteiger partial charge in [-0.05, 0) is 55.6 Å². The number of hydrogen-bond acceptors (Lipinski definition) is 5. The molecule has 1 aliphatic rings. The Morgan fingerprint density at radius 3 is 2.64 bits per heavy atom. The van der Waals surface area contributed by atoms with Crippen molar-refractivity contribution >= 4 is 28.6 Å². The zero-order valence-electron chi connectivity index (χ0n) is 15.6. The van der Waals surface area contributed by atoms with E-state index >= 15 is 0 Å². The second-order valence-corrected chi connectivity index (χ2v) is 7.11. The first-order valence-electron chi connectivity index (χ1n) is 9.52. The average molecular weight is 376 g/mol. The number of rotatable bonds is 5. The number of aromatic amines is 2. The Bertz CT molecular complexity index is 1040. The fourth-order valence-corrected chi connectivity index (χ4v) is 3.83. The van der Waals surface area contributed by atoms with E-state index in [9.17, 15) is 4.79 Å². The van der Waals surface area contributed by atoms with Crippen LogP contribution in [0.15, 0.2) is 63.4 Å². The zero-order chi connectivity index (χ0) is 19.3. The molecule has 4 rings (SSSR count). The maximum Gasteiger partial charge on any atom is 0.323 e. The first-order valence-corrected chi connectivity index (χ1v) is 9.52. The summed E-state index contributed by atoms with van der Waals surface area (Å²) in [5.74, 6) is 6.00. The number of likely N-dealkylation sites (tertiary alicyclic amines) is 1. The molecule has 1 fully saturated rings. The van der Waals surface area contributed by atoms with Crippen LogP contribution >= 0.6 is 0 Å². The highest BCUT2D eigenvalue weighted by atomic mass is 16.1. The molecule has 0 aliphatic carbocycles. The van der Waals surface area contributed by atoms with Crippen LogP contribution in [0.1, 0.15) is 24.3 Å². The molecule has 7 heteroatoms. The van der Waals surface area contributed by atoms with Crippen molar-refractivity contribution in [2.75, 3.05) is 19.6 Å². The molecule has 0 atom stereocenters. The maximum atomic E-state index is 11.6. The fraction of sp³-hybridized carbons (Fsp3) is 0.286. The van der Waals surface area contributed by atoms with E-state index in [1.807, 2.05) is 42.5 Å². The molecule has 28 heavy (non-hydrogen) atoms. The van der Waals surface area contributed by atoms with Gasteiger partial charge in [0.25, 0.3) is 0 Å². The monoisotopic (exact) mass is 376 g/mol. The van der Waals surface area contributed by atoms with E-state index in [0.717, 1.165) is 48.4 Å². The summed E-state index contributed by atoms with van der Waals surface area (Å²) in [7, 11) is 0. The summed E-state index contributed by atoms with van der Waals surface area (Å²) in [5, 5.41) is 3.90. The first kappa shape index (κ1) is 18.2. The minimum Gasteiger partial charge on any atom is -0.323 e. The van der Waals surface area contributed by atoms with Gasteiger partial charge in [-0.25, -0.2) is 4.79 Å². The second-order valence-electron chi connectivity index (χ2n) is 7.11. The van der Waals surface area contributed by atoms with Crippen LogP contribution in [-0.4, -0.2) is 46.4 Å². The van der Waals surface area contributed by atoms with Crippen LogP contribution in [0.3, 0.4) is 0 Å². The smallest absolute Gasteiger partial charge is 0.323 e. The van der Waals surface area contributed by atoms with Crippen molar-refractivity contribution < 1.29 is 0 Å². The van der Waals surface area contributed by atoms with Crippen molar-refractivity contribution in [1.82, 2.24) is 14.9 Å². The van der Waals surface area contributed by atoms with Gasteiger partial charge >= 0.3 is 5.69 Å². The van der Waals surface area contributed by atoms with Crippen LogP contribution < -0.4 is 11.5 Å². The number of para-hydroxylation sites is 2. The van der Waals surface area contributed by atoms with Gasteiger partial charge in [0.2, 0.25) is 0 Å². The van der Waals surface area contributed by atoms with Crippen LogP contribution in [-0.2, 0) is 0 Å². The number of nitrogens with two attached hydrogens (primary N) is 1. The Morgan fingerprint density at radius 2 is 1.89 bits per heavy atom. The van der Waals surface area contributed by atoms with Gasteiger partial charge in [-0.3, -0.25) is 9.89 Å². The highest BCUT2D eigenvalue weighted by Crippen LogP contribution is 2.31. The number of aliphatic imine (C=N–C) groups is 1. The van der Waals surface area contributed by atoms with Crippen molar-refractivity contribution in [3.8, 4) is 0 Å². The lowest BCUT2D eigenvalue weighted by Crippen LogP contribution is -2.37. The van der Waals surface area contributed by atoms with E-state index in [1.54, 1.807) is 6.21 Å². The van der Waals surface area contributed by atoms with Crippen LogP contribution in [0.4, 0.5) is 5.69 Å². The number of hydrogen-bond donors (Lipinski definition) is 3. The highest BCUT2D eigenvalue weighted by molar-refractivity contribution is 6.31. The van der Waals surface area contributed by atoms with Crippen LogP contribution in [0, 0.1) is 0 Å². The topological polar surface area (TPSA) is 103 Å². The molecular weight excluding hydrogens is 352 g/mol. The number of H-pyrrole nitrogens is 2. The summed E-state index contributed by atoms with van der Waals surface area (Å²) >= 11 is 0. The van der Waals surface area contributed by atoms with E-state index in [0.29, 0.717) is 12.5 Å². The summed E-state index contributed by atoms with van der Waals surface area (Å²) in [4.78, 5) is 24.2. The first-order chi connectivity index (χ1) is 13.7. The maximum absolute atomic E-state index is 11.6. The molecule has 4 N–H and O–H groups in total. The van der Waals surface area contributed by atoms with Gasteiger partial charge in [-0.2, -0.15) is 5.10 Å². The van der Waals surface area contributed by atoms with Gasteiger partial charge in [-0.15, -0.1) is 0 Å². The molecule has 1 saturated heterocycles. The molecular formula is C21H24N6O. The number of fused-ring (bicyclic) bond motifs is 1. The van der Waals surface area contributed by atoms with Crippen LogP contribution in [0.5, 0.6) is 0 Å². The number of imidazole rings is 1. The lowest BCUT2D eigenvalue weighted by atomic mass is 9.88. The molecule has 0 saturated carbocycles. The molecule has 0 amide bonds. The lowest BCUT2D eigenvalue weighted by molar-refractivity contribution is 0.240. The van der Waals surface area contributed by atoms with E-state index in [-0.39, 0.29) is 5.69 Å². The summed E-state index contributed by atoms with van der Waals surface area (Å²) in [6.07, 6.45) is 3.80. The molecule has 2 heterocycles. The van der Waals surface area contributed by atoms with Gasteiger partial charge in [0.05, 0.1) is 28.6 Å². The molecule has 0 radical (unpaired) electrons. The summed E-state index contributed by atoms with van der Waals surface area (Å²) < 4.78 is 0. The molecule has 3 aromatic rings. The largest absolute Gasteiger partial charge is 0.323 e. The third-order valence-corrected chi connectivity index (χ3v) is 5.28. The van der Waals surface area contributed by atoms with E-state index < -0.39 is 0 Å². The van der Waals surface area contributed by atoms with Crippen molar-refractivity contribution in [1.29, 1.82) is 0 Å². The van der Waals surface area contributed by atoms with E-state index in [2.05, 4.69) is 31.0 Å². The number of nitrogens with zero attached hydrogens (tertiary/aromatic N) is 3. The molecule has 144 valence electrons. The summed E-state index contributed by atoms with van der Waals surface area (Å²) in [5.41, 5.74) is 4.52. The Balaban J connectivity index is 1.38. The summed E-state index contributed by atoms with van der Waals surface area (Å²) in [6.45, 7) is 2.59. The summed E-state index contributed by atoms with van der Waals surface area (Å²) in [6, 6.07) is 15.8. The lowest BCUT2D eigenvalue weighted by Gasteiger charge is -2.32. The predicted octanol–water partition coefficient (Wildman–Crippen LogP) is 2.75. The Kier molecular flexibility index (Phi) is 5.34. The quantitative estimate of drug-likeness (QED) is 0.362. The predicted molar refractivity (Wildman–Crippen MR) is 114 cm³/mol. The molecule has 0 unspecified atom stereocenters. The normalized spacial score (nSPS) is 16.9. The Morgan fingerprint density at radius 1 is 1.11 bits per heavy atom. The van der Waals surface area contributed by atoms with Gasteiger partial charge in [-0.1, -0.05) is 30.3 Å². The zero-order valence-corrected chi connectivity index (χ0v) is 15.6. The van der Waals surface area contributed by atoms with Gasteiger partial charge in [0.1, 0.15) is 0 Å². The molecule has 7 nitrogen and oxygen atoms in total. The highest BCUT2D eigenvalue weighted by Gasteiger charge is 2.23. The number of benzene rings is 2. The SMILES string of the molecule is NN=C(C=Nc1ccccc1)CN1CCC(c2cccc3[nH]c(=O)[nH]c23)CC1. The van der Waals surface area contributed by atoms with E-state index in [1.165, 1.54) is 5.56 Å². The third-order valence-electron chi connectivity index (χ3n) is 5.28. The van der Waals surface area contributed by atoms with Crippen molar-refractivity contribution in [2.24, 2.45) is 15.9 Å². The van der Waals surface area contributed by atoms with Crippen molar-refractivity contribution in [2.45, 2.75) is 18.8 Å². The molecule has 2 aromatic carbocycles. The van der Waals surface area contributed by atoms with Gasteiger partial charge in [0.15, 0.2) is 0 Å². The molecule has 1 aliphatic heterocycles. The standard InChI is InChI=1S/C21H24N6O/c22-26-17(13-23-16-5-2-1-3-6-16)14-27-11-9-15(10-12-27)18-7-4-8-19-20(18)25-21(28)24-19/h1-8,13,15H,9-12,14,22H2,(H2,24,25,28). The number of nitrogens with one attached hydrogen (secondary N) is 2. The fourth-order valence-electron chi connectivity index (χ4n) is 3.83. The van der Waals surface area contributed by atoms with Crippen molar-refractivity contribution in [3.63, 3.8) is 0 Å². The molecule has 1 aromatic heterocycles. The number of aromatic nitrogens is 2. The second kappa shape index (κ2) is 8.22. The minimum atomic E-state index is -0.151. The van der Waals surface area contributed by atoms with E-state index in [4.69, 9.17) is 5.84 Å².